The van der Waals surface area contributed by atoms with Crippen molar-refractivity contribution in [3.8, 4) is 17.0 Å². The van der Waals surface area contributed by atoms with Crippen LogP contribution in [0, 0.1) is 10.1 Å². The van der Waals surface area contributed by atoms with E-state index in [1.54, 1.807) is 25.3 Å². The lowest BCUT2D eigenvalue weighted by molar-refractivity contribution is -0.384. The van der Waals surface area contributed by atoms with E-state index in [0.717, 1.165) is 11.6 Å². The van der Waals surface area contributed by atoms with Crippen LogP contribution in [0.3, 0.4) is 0 Å². The van der Waals surface area contributed by atoms with E-state index in [-0.39, 0.29) is 34.9 Å². The van der Waals surface area contributed by atoms with Crippen LogP contribution in [0.1, 0.15) is 10.4 Å². The molecule has 0 spiro atoms. The summed E-state index contributed by atoms with van der Waals surface area (Å²) >= 11 is 5.75. The lowest BCUT2D eigenvalue weighted by atomic mass is 10.1. The molecule has 0 atom stereocenters. The fourth-order valence-electron chi connectivity index (χ4n) is 2.70. The van der Waals surface area contributed by atoms with Gasteiger partial charge in [-0.2, -0.15) is 5.10 Å². The number of aromatic nitrogens is 2. The zero-order valence-corrected chi connectivity index (χ0v) is 16.6. The molecule has 1 aromatic heterocycles. The number of nitrogens with zero attached hydrogens (tertiary/aromatic N) is 3. The van der Waals surface area contributed by atoms with Crippen LogP contribution in [-0.4, -0.2) is 34.3 Å². The van der Waals surface area contributed by atoms with Gasteiger partial charge >= 0.3 is 0 Å². The maximum Gasteiger partial charge on any atom is 0.288 e. The minimum Gasteiger partial charge on any atom is -0.497 e. The van der Waals surface area contributed by atoms with E-state index >= 15 is 0 Å². The first kappa shape index (κ1) is 21.0. The van der Waals surface area contributed by atoms with E-state index in [1.807, 2.05) is 12.1 Å². The summed E-state index contributed by atoms with van der Waals surface area (Å²) in [6.07, 6.45) is 0. The van der Waals surface area contributed by atoms with Crippen molar-refractivity contribution in [3.05, 3.63) is 85.7 Å². The van der Waals surface area contributed by atoms with Gasteiger partial charge in [-0.1, -0.05) is 11.6 Å². The number of ether oxygens (including phenoxy) is 1. The molecule has 0 aliphatic rings. The Labute approximate surface area is 176 Å². The number of nitro groups is 1. The van der Waals surface area contributed by atoms with E-state index in [0.29, 0.717) is 11.4 Å². The standard InChI is InChI=1S/C20H17ClN4O5/c1-30-15-5-2-13(3-6-15)17-8-9-19(26)24(23-17)11-10-22-20(27)14-4-7-16(21)18(12-14)25(28)29/h2-9,12H,10-11H2,1H3,(H,22,27). The quantitative estimate of drug-likeness (QED) is 0.457. The molecule has 1 heterocycles. The molecule has 0 saturated carbocycles. The van der Waals surface area contributed by atoms with Crippen molar-refractivity contribution < 1.29 is 14.5 Å². The second-order valence-corrected chi connectivity index (χ2v) is 6.59. The third kappa shape index (κ3) is 4.81. The number of rotatable bonds is 7. The summed E-state index contributed by atoms with van der Waals surface area (Å²) in [6, 6.07) is 14.0. The second-order valence-electron chi connectivity index (χ2n) is 6.19. The summed E-state index contributed by atoms with van der Waals surface area (Å²) in [5.41, 5.74) is 0.829. The maximum absolute atomic E-state index is 12.3. The van der Waals surface area contributed by atoms with Gasteiger partial charge in [-0.15, -0.1) is 0 Å². The third-order valence-corrected chi connectivity index (χ3v) is 4.59. The van der Waals surface area contributed by atoms with Crippen LogP contribution in [-0.2, 0) is 6.54 Å². The highest BCUT2D eigenvalue weighted by Crippen LogP contribution is 2.25. The zero-order valence-electron chi connectivity index (χ0n) is 15.9. The normalized spacial score (nSPS) is 10.5. The Morgan fingerprint density at radius 1 is 1.20 bits per heavy atom. The Morgan fingerprint density at radius 2 is 1.93 bits per heavy atom. The number of amides is 1. The first-order chi connectivity index (χ1) is 14.4. The van der Waals surface area contributed by atoms with Crippen molar-refractivity contribution in [3.63, 3.8) is 0 Å². The molecule has 1 N–H and O–H groups in total. The van der Waals surface area contributed by atoms with Gasteiger partial charge in [0.2, 0.25) is 0 Å². The highest BCUT2D eigenvalue weighted by molar-refractivity contribution is 6.32. The van der Waals surface area contributed by atoms with E-state index in [1.165, 1.54) is 22.9 Å². The lowest BCUT2D eigenvalue weighted by Gasteiger charge is -2.09. The Bertz CT molecular complexity index is 1140. The molecule has 154 valence electrons. The number of hydrogen-bond acceptors (Lipinski definition) is 6. The molecule has 0 unspecified atom stereocenters. The predicted octanol–water partition coefficient (Wildman–Crippen LogP) is 2.91. The van der Waals surface area contributed by atoms with Crippen LogP contribution in [0.2, 0.25) is 5.02 Å². The summed E-state index contributed by atoms with van der Waals surface area (Å²) < 4.78 is 6.37. The predicted molar refractivity (Wildman–Crippen MR) is 111 cm³/mol. The van der Waals surface area contributed by atoms with Crippen LogP contribution in [0.25, 0.3) is 11.3 Å². The Morgan fingerprint density at radius 3 is 2.60 bits per heavy atom. The number of nitrogens with one attached hydrogen (secondary N) is 1. The van der Waals surface area contributed by atoms with Crippen LogP contribution in [0.15, 0.2) is 59.4 Å². The second kappa shape index (κ2) is 9.19. The highest BCUT2D eigenvalue weighted by Gasteiger charge is 2.16. The average molecular weight is 429 g/mol. The van der Waals surface area contributed by atoms with Crippen molar-refractivity contribution in [2.75, 3.05) is 13.7 Å². The first-order valence-corrected chi connectivity index (χ1v) is 9.21. The fraction of sp³-hybridized carbons (Fsp3) is 0.150. The lowest BCUT2D eigenvalue weighted by Crippen LogP contribution is -2.32. The number of methoxy groups -OCH3 is 1. The molecular formula is C20H17ClN4O5. The molecule has 3 aromatic rings. The molecule has 9 nitrogen and oxygen atoms in total. The van der Waals surface area contributed by atoms with Gasteiger partial charge in [0, 0.05) is 29.8 Å². The van der Waals surface area contributed by atoms with Gasteiger partial charge in [0.15, 0.2) is 0 Å². The van der Waals surface area contributed by atoms with Crippen molar-refractivity contribution in [2.24, 2.45) is 0 Å². The van der Waals surface area contributed by atoms with Gasteiger partial charge in [0.25, 0.3) is 17.2 Å². The largest absolute Gasteiger partial charge is 0.497 e. The molecule has 3 rings (SSSR count). The molecule has 10 heteroatoms. The Hall–Kier alpha value is -3.72. The third-order valence-electron chi connectivity index (χ3n) is 4.27. The number of halogens is 1. The summed E-state index contributed by atoms with van der Waals surface area (Å²) in [7, 11) is 1.57. The summed E-state index contributed by atoms with van der Waals surface area (Å²) in [5.74, 6) is 0.186. The van der Waals surface area contributed by atoms with Gasteiger partial charge in [0.1, 0.15) is 10.8 Å². The summed E-state index contributed by atoms with van der Waals surface area (Å²) in [4.78, 5) is 34.6. The fourth-order valence-corrected chi connectivity index (χ4v) is 2.88. The van der Waals surface area contributed by atoms with Gasteiger partial charge in [-0.05, 0) is 42.5 Å². The summed E-state index contributed by atoms with van der Waals surface area (Å²) in [6.45, 7) is 0.235. The minimum absolute atomic E-state index is 0.0531. The van der Waals surface area contributed by atoms with E-state index in [4.69, 9.17) is 16.3 Å². The van der Waals surface area contributed by atoms with Gasteiger partial charge in [0.05, 0.1) is 24.3 Å². The SMILES string of the molecule is COc1ccc(-c2ccc(=O)n(CCNC(=O)c3ccc(Cl)c([N+](=O)[O-])c3)n2)cc1. The molecule has 1 amide bonds. The molecule has 0 aliphatic carbocycles. The molecule has 0 radical (unpaired) electrons. The molecule has 2 aromatic carbocycles. The zero-order chi connectivity index (χ0) is 21.7. The molecule has 0 fully saturated rings. The minimum atomic E-state index is -0.659. The van der Waals surface area contributed by atoms with Crippen LogP contribution >= 0.6 is 11.6 Å². The topological polar surface area (TPSA) is 116 Å². The van der Waals surface area contributed by atoms with Crippen molar-refractivity contribution in [2.45, 2.75) is 6.54 Å². The summed E-state index contributed by atoms with van der Waals surface area (Å²) in [5, 5.41) is 17.8. The van der Waals surface area contributed by atoms with Crippen molar-refractivity contribution >= 4 is 23.2 Å². The monoisotopic (exact) mass is 428 g/mol. The first-order valence-electron chi connectivity index (χ1n) is 8.84. The number of carbonyl (C=O) groups excluding carboxylic acids is 1. The highest BCUT2D eigenvalue weighted by atomic mass is 35.5. The number of hydrogen-bond donors (Lipinski definition) is 1. The van der Waals surface area contributed by atoms with Crippen LogP contribution < -0.4 is 15.6 Å². The van der Waals surface area contributed by atoms with Gasteiger partial charge in [-0.25, -0.2) is 4.68 Å². The maximum atomic E-state index is 12.3. The Kier molecular flexibility index (Phi) is 6.43. The Balaban J connectivity index is 1.68. The van der Waals surface area contributed by atoms with Crippen LogP contribution in [0.4, 0.5) is 5.69 Å². The van der Waals surface area contributed by atoms with Crippen molar-refractivity contribution in [1.29, 1.82) is 0 Å². The van der Waals surface area contributed by atoms with E-state index < -0.39 is 10.8 Å². The smallest absolute Gasteiger partial charge is 0.288 e. The number of carbonyl (C=O) groups is 1. The molecular weight excluding hydrogens is 412 g/mol. The molecule has 0 aliphatic heterocycles. The van der Waals surface area contributed by atoms with Crippen LogP contribution in [0.5, 0.6) is 5.75 Å². The van der Waals surface area contributed by atoms with Gasteiger partial charge < -0.3 is 10.1 Å². The van der Waals surface area contributed by atoms with Crippen molar-refractivity contribution in [1.82, 2.24) is 15.1 Å². The molecule has 30 heavy (non-hydrogen) atoms. The van der Waals surface area contributed by atoms with E-state index in [2.05, 4.69) is 10.4 Å². The number of benzene rings is 2. The average Bonchev–Trinajstić information content (AvgIpc) is 2.75. The van der Waals surface area contributed by atoms with Gasteiger partial charge in [-0.3, -0.25) is 19.7 Å². The number of nitro benzene ring substituents is 1. The molecule has 0 bridgehead atoms. The molecule has 0 saturated heterocycles. The van der Waals surface area contributed by atoms with E-state index in [9.17, 15) is 19.7 Å².